The molecular weight excluding hydrogens is 284 g/mol. The van der Waals surface area contributed by atoms with Gasteiger partial charge in [-0.2, -0.15) is 0 Å². The van der Waals surface area contributed by atoms with Crippen molar-refractivity contribution in [1.82, 2.24) is 9.88 Å². The molecule has 2 aromatic rings. The maximum absolute atomic E-state index is 9.59. The third-order valence-corrected chi connectivity index (χ3v) is 5.19. The van der Waals surface area contributed by atoms with Crippen molar-refractivity contribution in [2.24, 2.45) is 5.92 Å². The normalized spacial score (nSPS) is 23.0. The van der Waals surface area contributed by atoms with Gasteiger partial charge in [0.2, 0.25) is 0 Å². The lowest BCUT2D eigenvalue weighted by Gasteiger charge is -2.25. The van der Waals surface area contributed by atoms with Crippen molar-refractivity contribution in [2.45, 2.75) is 32.9 Å². The van der Waals surface area contributed by atoms with Crippen LogP contribution >= 0.6 is 11.6 Å². The molecule has 1 fully saturated rings. The number of aryl methyl sites for hydroxylation is 1. The van der Waals surface area contributed by atoms with Gasteiger partial charge in [0.15, 0.2) is 0 Å². The van der Waals surface area contributed by atoms with E-state index >= 15 is 0 Å². The van der Waals surface area contributed by atoms with Crippen LogP contribution in [0.3, 0.4) is 0 Å². The number of likely N-dealkylation sites (tertiary alicyclic amines) is 1. The monoisotopic (exact) mass is 304 g/mol. The van der Waals surface area contributed by atoms with Crippen LogP contribution in [0.25, 0.3) is 10.9 Å². The van der Waals surface area contributed by atoms with Gasteiger partial charge in [-0.1, -0.05) is 36.7 Å². The summed E-state index contributed by atoms with van der Waals surface area (Å²) in [4.78, 5) is 7.04. The second-order valence-electron chi connectivity index (χ2n) is 6.00. The van der Waals surface area contributed by atoms with E-state index in [0.717, 1.165) is 40.1 Å². The Morgan fingerprint density at radius 2 is 2.14 bits per heavy atom. The third-order valence-electron chi connectivity index (χ3n) is 4.68. The van der Waals surface area contributed by atoms with Gasteiger partial charge in [0.05, 0.1) is 22.8 Å². The summed E-state index contributed by atoms with van der Waals surface area (Å²) in [7, 11) is 0. The van der Waals surface area contributed by atoms with Gasteiger partial charge >= 0.3 is 0 Å². The largest absolute Gasteiger partial charge is 0.395 e. The molecule has 1 saturated heterocycles. The summed E-state index contributed by atoms with van der Waals surface area (Å²) in [5.41, 5.74) is 2.99. The fourth-order valence-corrected chi connectivity index (χ4v) is 3.50. The van der Waals surface area contributed by atoms with Gasteiger partial charge in [0.25, 0.3) is 0 Å². The minimum Gasteiger partial charge on any atom is -0.395 e. The minimum atomic E-state index is 0.200. The van der Waals surface area contributed by atoms with E-state index in [-0.39, 0.29) is 12.6 Å². The van der Waals surface area contributed by atoms with E-state index in [1.807, 2.05) is 25.1 Å². The number of benzene rings is 1. The zero-order chi connectivity index (χ0) is 15.0. The Hall–Kier alpha value is -1.16. The lowest BCUT2D eigenvalue weighted by molar-refractivity contribution is 0.133. The average Bonchev–Trinajstić information content (AvgIpc) is 2.84. The van der Waals surface area contributed by atoms with Crippen LogP contribution in [0, 0.1) is 12.8 Å². The van der Waals surface area contributed by atoms with Crippen molar-refractivity contribution in [3.63, 3.8) is 0 Å². The number of rotatable bonds is 3. The highest BCUT2D eigenvalue weighted by molar-refractivity contribution is 6.32. The highest BCUT2D eigenvalue weighted by Crippen LogP contribution is 2.30. The molecule has 0 aliphatic carbocycles. The quantitative estimate of drug-likeness (QED) is 0.944. The van der Waals surface area contributed by atoms with Crippen molar-refractivity contribution in [3.05, 3.63) is 40.5 Å². The SMILES string of the molecule is Cc1c(Cl)c(CN2CCC(C)C2CO)nc2ccccc12. The molecule has 3 nitrogen and oxygen atoms in total. The van der Waals surface area contributed by atoms with Crippen LogP contribution in [0.5, 0.6) is 0 Å². The smallest absolute Gasteiger partial charge is 0.0740 e. The summed E-state index contributed by atoms with van der Waals surface area (Å²) in [6.07, 6.45) is 1.12. The molecule has 2 atom stereocenters. The predicted molar refractivity (Wildman–Crippen MR) is 86.6 cm³/mol. The summed E-state index contributed by atoms with van der Waals surface area (Å²) < 4.78 is 0. The van der Waals surface area contributed by atoms with Crippen LogP contribution in [0.4, 0.5) is 0 Å². The molecule has 0 saturated carbocycles. The van der Waals surface area contributed by atoms with Crippen molar-refractivity contribution in [2.75, 3.05) is 13.2 Å². The van der Waals surface area contributed by atoms with E-state index in [2.05, 4.69) is 17.9 Å². The molecule has 1 aliphatic rings. The Morgan fingerprint density at radius 1 is 1.38 bits per heavy atom. The number of aliphatic hydroxyl groups excluding tert-OH is 1. The summed E-state index contributed by atoms with van der Waals surface area (Å²) in [5.74, 6) is 0.523. The summed E-state index contributed by atoms with van der Waals surface area (Å²) in [6.45, 7) is 6.15. The molecule has 1 N–H and O–H groups in total. The van der Waals surface area contributed by atoms with Gasteiger partial charge < -0.3 is 5.11 Å². The number of pyridine rings is 1. The highest BCUT2D eigenvalue weighted by atomic mass is 35.5. The van der Waals surface area contributed by atoms with Gasteiger partial charge in [0.1, 0.15) is 0 Å². The molecule has 0 spiro atoms. The molecule has 3 rings (SSSR count). The van der Waals surface area contributed by atoms with E-state index in [0.29, 0.717) is 12.5 Å². The van der Waals surface area contributed by atoms with E-state index in [1.54, 1.807) is 0 Å². The zero-order valence-corrected chi connectivity index (χ0v) is 13.3. The number of para-hydroxylation sites is 1. The molecule has 0 radical (unpaired) electrons. The summed E-state index contributed by atoms with van der Waals surface area (Å²) >= 11 is 6.53. The number of aliphatic hydroxyl groups is 1. The Bertz CT molecular complexity index is 659. The van der Waals surface area contributed by atoms with Gasteiger partial charge in [-0.15, -0.1) is 0 Å². The van der Waals surface area contributed by atoms with Gasteiger partial charge in [-0.3, -0.25) is 4.90 Å². The van der Waals surface area contributed by atoms with E-state index in [9.17, 15) is 5.11 Å². The van der Waals surface area contributed by atoms with E-state index < -0.39 is 0 Å². The molecule has 21 heavy (non-hydrogen) atoms. The van der Waals surface area contributed by atoms with Crippen molar-refractivity contribution >= 4 is 22.5 Å². The minimum absolute atomic E-state index is 0.200. The molecule has 112 valence electrons. The molecule has 2 unspecified atom stereocenters. The third kappa shape index (κ3) is 2.66. The maximum Gasteiger partial charge on any atom is 0.0740 e. The van der Waals surface area contributed by atoms with Crippen LogP contribution in [0.2, 0.25) is 5.02 Å². The summed E-state index contributed by atoms with van der Waals surface area (Å²) in [5, 5.41) is 11.5. The first-order chi connectivity index (χ1) is 10.1. The number of hydrogen-bond donors (Lipinski definition) is 1. The molecular formula is C17H21ClN2O. The van der Waals surface area contributed by atoms with Crippen LogP contribution in [-0.4, -0.2) is 34.2 Å². The van der Waals surface area contributed by atoms with Crippen molar-refractivity contribution < 1.29 is 5.11 Å². The lowest BCUT2D eigenvalue weighted by atomic mass is 10.0. The average molecular weight is 305 g/mol. The molecule has 1 aliphatic heterocycles. The maximum atomic E-state index is 9.59. The molecule has 4 heteroatoms. The second kappa shape index (κ2) is 5.91. The van der Waals surface area contributed by atoms with E-state index in [1.165, 1.54) is 0 Å². The molecule has 2 heterocycles. The van der Waals surface area contributed by atoms with Crippen molar-refractivity contribution in [1.29, 1.82) is 0 Å². The lowest BCUT2D eigenvalue weighted by Crippen LogP contribution is -2.35. The Kier molecular flexibility index (Phi) is 4.16. The molecule has 1 aromatic heterocycles. The van der Waals surface area contributed by atoms with Gasteiger partial charge in [-0.05, 0) is 37.4 Å². The molecule has 0 amide bonds. The zero-order valence-electron chi connectivity index (χ0n) is 12.5. The van der Waals surface area contributed by atoms with Gasteiger partial charge in [-0.25, -0.2) is 4.98 Å². The number of aromatic nitrogens is 1. The number of fused-ring (bicyclic) bond motifs is 1. The molecule has 1 aromatic carbocycles. The Labute approximate surface area is 130 Å². The summed E-state index contributed by atoms with van der Waals surface area (Å²) in [6, 6.07) is 8.31. The van der Waals surface area contributed by atoms with Crippen LogP contribution in [0.1, 0.15) is 24.6 Å². The first-order valence-corrected chi connectivity index (χ1v) is 7.88. The van der Waals surface area contributed by atoms with Crippen molar-refractivity contribution in [3.8, 4) is 0 Å². The Morgan fingerprint density at radius 3 is 2.90 bits per heavy atom. The topological polar surface area (TPSA) is 36.4 Å². The van der Waals surface area contributed by atoms with Crippen LogP contribution < -0.4 is 0 Å². The van der Waals surface area contributed by atoms with Gasteiger partial charge in [0, 0.05) is 18.0 Å². The Balaban J connectivity index is 1.96. The second-order valence-corrected chi connectivity index (χ2v) is 6.38. The fourth-order valence-electron chi connectivity index (χ4n) is 3.29. The first kappa shape index (κ1) is 14.8. The van der Waals surface area contributed by atoms with Crippen LogP contribution in [0.15, 0.2) is 24.3 Å². The van der Waals surface area contributed by atoms with E-state index in [4.69, 9.17) is 16.6 Å². The molecule has 0 bridgehead atoms. The number of halogens is 1. The highest BCUT2D eigenvalue weighted by Gasteiger charge is 2.31. The fraction of sp³-hybridized carbons (Fsp3) is 0.471. The number of nitrogens with zero attached hydrogens (tertiary/aromatic N) is 2. The standard InChI is InChI=1S/C17H21ClN2O/c1-11-7-8-20(16(11)10-21)9-15-17(18)12(2)13-5-3-4-6-14(13)19-15/h3-6,11,16,21H,7-10H2,1-2H3. The number of hydrogen-bond acceptors (Lipinski definition) is 3. The van der Waals surface area contributed by atoms with Crippen LogP contribution in [-0.2, 0) is 6.54 Å². The predicted octanol–water partition coefficient (Wildman–Crippen LogP) is 3.40. The first-order valence-electron chi connectivity index (χ1n) is 7.50.